The van der Waals surface area contributed by atoms with Crippen molar-refractivity contribution in [1.82, 2.24) is 4.90 Å². The molecule has 0 N–H and O–H groups in total. The van der Waals surface area contributed by atoms with Gasteiger partial charge in [0.15, 0.2) is 0 Å². The fraction of sp³-hybridized carbons (Fsp3) is 0.875. The molecule has 1 amide bonds. The normalized spacial score (nSPS) is 29.2. The van der Waals surface area contributed by atoms with Gasteiger partial charge in [-0.1, -0.05) is 20.3 Å². The van der Waals surface area contributed by atoms with Gasteiger partial charge in [0.05, 0.1) is 6.61 Å². The molecule has 114 valence electrons. The van der Waals surface area contributed by atoms with Gasteiger partial charge in [-0.3, -0.25) is 4.79 Å². The largest absolute Gasteiger partial charge is 0.464 e. The van der Waals surface area contributed by atoms with Gasteiger partial charge >= 0.3 is 5.97 Å². The maximum Gasteiger partial charge on any atom is 0.328 e. The Bertz CT molecular complexity index is 378. The van der Waals surface area contributed by atoms with E-state index in [1.165, 1.54) is 0 Å². The van der Waals surface area contributed by atoms with Crippen molar-refractivity contribution >= 4 is 11.9 Å². The van der Waals surface area contributed by atoms with Gasteiger partial charge in [-0.05, 0) is 44.4 Å². The number of hydrogen-bond acceptors (Lipinski definition) is 3. The van der Waals surface area contributed by atoms with Gasteiger partial charge in [-0.25, -0.2) is 4.79 Å². The molecule has 2 fully saturated rings. The van der Waals surface area contributed by atoms with Crippen LogP contribution in [0.5, 0.6) is 0 Å². The third-order valence-corrected chi connectivity index (χ3v) is 4.90. The monoisotopic (exact) mass is 281 g/mol. The van der Waals surface area contributed by atoms with Crippen LogP contribution in [-0.4, -0.2) is 36.0 Å². The second-order valence-corrected chi connectivity index (χ2v) is 6.73. The van der Waals surface area contributed by atoms with E-state index in [9.17, 15) is 9.59 Å². The molecule has 4 heteroatoms. The molecule has 0 aromatic rings. The number of piperidine rings is 1. The number of rotatable bonds is 3. The van der Waals surface area contributed by atoms with Crippen molar-refractivity contribution in [3.8, 4) is 0 Å². The lowest BCUT2D eigenvalue weighted by molar-refractivity contribution is -0.159. The van der Waals surface area contributed by atoms with Gasteiger partial charge in [0.25, 0.3) is 0 Å². The Balaban J connectivity index is 2.11. The Kier molecular flexibility index (Phi) is 4.71. The van der Waals surface area contributed by atoms with Crippen LogP contribution in [0.1, 0.15) is 59.3 Å². The van der Waals surface area contributed by atoms with Crippen LogP contribution in [0, 0.1) is 11.3 Å². The number of nitrogens with zero attached hydrogens (tertiary/aromatic N) is 1. The van der Waals surface area contributed by atoms with E-state index in [4.69, 9.17) is 4.74 Å². The van der Waals surface area contributed by atoms with Crippen LogP contribution >= 0.6 is 0 Å². The van der Waals surface area contributed by atoms with Crippen molar-refractivity contribution in [1.29, 1.82) is 0 Å². The Morgan fingerprint density at radius 2 is 1.95 bits per heavy atom. The Morgan fingerprint density at radius 1 is 1.20 bits per heavy atom. The van der Waals surface area contributed by atoms with Gasteiger partial charge in [0.1, 0.15) is 6.04 Å². The number of amides is 1. The van der Waals surface area contributed by atoms with Gasteiger partial charge in [-0.2, -0.15) is 0 Å². The van der Waals surface area contributed by atoms with Crippen LogP contribution in [0.2, 0.25) is 0 Å². The lowest BCUT2D eigenvalue weighted by atomic mass is 9.80. The minimum Gasteiger partial charge on any atom is -0.464 e. The highest BCUT2D eigenvalue weighted by Gasteiger charge is 2.44. The van der Waals surface area contributed by atoms with Crippen molar-refractivity contribution in [2.24, 2.45) is 11.3 Å². The average molecular weight is 281 g/mol. The third kappa shape index (κ3) is 2.99. The van der Waals surface area contributed by atoms with Crippen LogP contribution in [0.3, 0.4) is 0 Å². The minimum absolute atomic E-state index is 0.0632. The number of esters is 1. The first-order chi connectivity index (χ1) is 9.47. The summed E-state index contributed by atoms with van der Waals surface area (Å²) in [6, 6.07) is -0.354. The summed E-state index contributed by atoms with van der Waals surface area (Å²) < 4.78 is 5.14. The molecule has 0 aromatic carbocycles. The van der Waals surface area contributed by atoms with E-state index in [2.05, 4.69) is 13.8 Å². The highest BCUT2D eigenvalue weighted by molar-refractivity contribution is 5.86. The molecule has 0 aromatic heterocycles. The highest BCUT2D eigenvalue weighted by atomic mass is 16.5. The minimum atomic E-state index is -0.354. The second-order valence-electron chi connectivity index (χ2n) is 6.73. The molecule has 1 saturated heterocycles. The number of hydrogen-bond donors (Lipinski definition) is 0. The predicted molar refractivity (Wildman–Crippen MR) is 77.1 cm³/mol. The first-order valence-electron chi connectivity index (χ1n) is 7.94. The van der Waals surface area contributed by atoms with E-state index in [1.807, 2.05) is 6.92 Å². The zero-order chi connectivity index (χ0) is 14.8. The summed E-state index contributed by atoms with van der Waals surface area (Å²) in [6.07, 6.45) is 5.91. The van der Waals surface area contributed by atoms with Crippen LogP contribution < -0.4 is 0 Å². The van der Waals surface area contributed by atoms with E-state index in [1.54, 1.807) is 4.90 Å². The second kappa shape index (κ2) is 6.15. The molecule has 1 aliphatic carbocycles. The molecule has 0 bridgehead atoms. The maximum atomic E-state index is 12.9. The Labute approximate surface area is 121 Å². The summed E-state index contributed by atoms with van der Waals surface area (Å²) in [5, 5.41) is 0. The summed E-state index contributed by atoms with van der Waals surface area (Å²) in [4.78, 5) is 26.7. The Morgan fingerprint density at radius 3 is 2.55 bits per heavy atom. The summed E-state index contributed by atoms with van der Waals surface area (Å²) in [7, 11) is 0. The highest BCUT2D eigenvalue weighted by Crippen LogP contribution is 2.44. The molecular weight excluding hydrogens is 254 g/mol. The number of ether oxygens (including phenoxy) is 1. The fourth-order valence-electron chi connectivity index (χ4n) is 3.66. The SMILES string of the molecule is CCOC(=O)C1CCCCN1C(=O)C1CCCC1(C)C. The van der Waals surface area contributed by atoms with Gasteiger partial charge < -0.3 is 9.64 Å². The third-order valence-electron chi connectivity index (χ3n) is 4.90. The molecule has 2 aliphatic rings. The maximum absolute atomic E-state index is 12.9. The summed E-state index contributed by atoms with van der Waals surface area (Å²) in [5.74, 6) is 0.0131. The molecule has 20 heavy (non-hydrogen) atoms. The smallest absolute Gasteiger partial charge is 0.328 e. The first-order valence-corrected chi connectivity index (χ1v) is 7.94. The molecule has 2 atom stereocenters. The molecule has 1 aliphatic heterocycles. The standard InChI is InChI=1S/C16H27NO3/c1-4-20-15(19)13-9-5-6-11-17(13)14(18)12-8-7-10-16(12,2)3/h12-13H,4-11H2,1-3H3. The zero-order valence-corrected chi connectivity index (χ0v) is 13.0. The van der Waals surface area contributed by atoms with E-state index in [0.717, 1.165) is 38.5 Å². The number of carbonyl (C=O) groups is 2. The van der Waals surface area contributed by atoms with Gasteiger partial charge in [0.2, 0.25) is 5.91 Å². The van der Waals surface area contributed by atoms with Gasteiger partial charge in [-0.15, -0.1) is 0 Å². The zero-order valence-electron chi connectivity index (χ0n) is 13.0. The number of carbonyl (C=O) groups excluding carboxylic acids is 2. The van der Waals surface area contributed by atoms with Gasteiger partial charge in [0, 0.05) is 12.5 Å². The topological polar surface area (TPSA) is 46.6 Å². The van der Waals surface area contributed by atoms with Crippen LogP contribution in [0.4, 0.5) is 0 Å². The summed E-state index contributed by atoms with van der Waals surface area (Å²) in [5.41, 5.74) is 0.0632. The van der Waals surface area contributed by atoms with Crippen LogP contribution in [-0.2, 0) is 14.3 Å². The van der Waals surface area contributed by atoms with E-state index in [-0.39, 0.29) is 29.3 Å². The molecule has 0 radical (unpaired) electrons. The predicted octanol–water partition coefficient (Wildman–Crippen LogP) is 2.76. The van der Waals surface area contributed by atoms with Crippen molar-refractivity contribution < 1.29 is 14.3 Å². The van der Waals surface area contributed by atoms with E-state index >= 15 is 0 Å². The average Bonchev–Trinajstić information content (AvgIpc) is 2.78. The van der Waals surface area contributed by atoms with Crippen LogP contribution in [0.25, 0.3) is 0 Å². The van der Waals surface area contributed by atoms with Crippen molar-refractivity contribution in [3.63, 3.8) is 0 Å². The van der Waals surface area contributed by atoms with E-state index < -0.39 is 0 Å². The molecule has 0 spiro atoms. The molecule has 2 rings (SSSR count). The lowest BCUT2D eigenvalue weighted by Gasteiger charge is -2.38. The van der Waals surface area contributed by atoms with E-state index in [0.29, 0.717) is 13.2 Å². The number of likely N-dealkylation sites (tertiary alicyclic amines) is 1. The molecule has 4 nitrogen and oxygen atoms in total. The first kappa shape index (κ1) is 15.3. The summed E-state index contributed by atoms with van der Waals surface area (Å²) in [6.45, 7) is 7.24. The van der Waals surface area contributed by atoms with Crippen LogP contribution in [0.15, 0.2) is 0 Å². The molecule has 1 heterocycles. The van der Waals surface area contributed by atoms with Crippen molar-refractivity contribution in [3.05, 3.63) is 0 Å². The summed E-state index contributed by atoms with van der Waals surface area (Å²) >= 11 is 0. The Hall–Kier alpha value is -1.06. The molecular formula is C16H27NO3. The molecule has 2 unspecified atom stereocenters. The molecule has 1 saturated carbocycles. The quantitative estimate of drug-likeness (QED) is 0.747. The van der Waals surface area contributed by atoms with Crippen molar-refractivity contribution in [2.45, 2.75) is 65.3 Å². The fourth-order valence-corrected chi connectivity index (χ4v) is 3.66. The lowest BCUT2D eigenvalue weighted by Crippen LogP contribution is -2.52. The van der Waals surface area contributed by atoms with Crippen molar-refractivity contribution in [2.75, 3.05) is 13.2 Å².